The van der Waals surface area contributed by atoms with Gasteiger partial charge in [-0.05, 0) is 28.9 Å². The van der Waals surface area contributed by atoms with Crippen LogP contribution in [0.15, 0.2) is 16.6 Å². The van der Waals surface area contributed by atoms with Crippen molar-refractivity contribution < 1.29 is 14.6 Å². The lowest BCUT2D eigenvalue weighted by atomic mass is 10.0. The molecule has 1 aromatic rings. The highest BCUT2D eigenvalue weighted by molar-refractivity contribution is 9.10. The predicted molar refractivity (Wildman–Crippen MR) is 54.4 cm³/mol. The summed E-state index contributed by atoms with van der Waals surface area (Å²) in [6.45, 7) is 1.48. The summed E-state index contributed by atoms with van der Waals surface area (Å²) >= 11 is 2.93. The van der Waals surface area contributed by atoms with E-state index in [0.29, 0.717) is 0 Å². The molecule has 1 rings (SSSR count). The second-order valence-electron chi connectivity index (χ2n) is 3.07. The van der Waals surface area contributed by atoms with Gasteiger partial charge in [-0.1, -0.05) is 6.07 Å². The van der Waals surface area contributed by atoms with Gasteiger partial charge in [0.25, 0.3) is 0 Å². The van der Waals surface area contributed by atoms with E-state index in [1.807, 2.05) is 0 Å². The van der Waals surface area contributed by atoms with E-state index in [1.165, 1.54) is 19.1 Å². The van der Waals surface area contributed by atoms with E-state index in [9.17, 15) is 14.6 Å². The fraction of sp³-hybridized carbons (Fsp3) is 0.333. The minimum atomic E-state index is -0.846. The number of phenolic OH excluding ortho intramolecular Hbond substituents is 1. The van der Waals surface area contributed by atoms with Crippen LogP contribution in [0.2, 0.25) is 0 Å². The molecule has 0 heterocycles. The number of aliphatic hydroxyl groups excluding tert-OH is 1. The molecule has 0 saturated heterocycles. The van der Waals surface area contributed by atoms with Crippen LogP contribution < -0.4 is 5.73 Å². The molecule has 0 aliphatic carbocycles. The van der Waals surface area contributed by atoms with E-state index < -0.39 is 23.7 Å². The molecule has 3 nitrogen and oxygen atoms in total. The molecule has 78 valence electrons. The second-order valence-corrected chi connectivity index (χ2v) is 3.92. The Labute approximate surface area is 89.5 Å². The molecular weight excluding hydrogens is 253 g/mol. The fourth-order valence-electron chi connectivity index (χ4n) is 1.08. The normalized spacial score (nSPS) is 15.2. The lowest BCUT2D eigenvalue weighted by Gasteiger charge is -2.16. The lowest BCUT2D eigenvalue weighted by molar-refractivity contribution is 0.162. The summed E-state index contributed by atoms with van der Waals surface area (Å²) in [5.74, 6) is -1.29. The van der Waals surface area contributed by atoms with Gasteiger partial charge in [0.1, 0.15) is 0 Å². The van der Waals surface area contributed by atoms with Crippen molar-refractivity contribution >= 4 is 15.9 Å². The smallest absolute Gasteiger partial charge is 0.179 e. The molecule has 1 unspecified atom stereocenters. The highest BCUT2D eigenvalue weighted by atomic mass is 79.9. The third-order valence-corrected chi connectivity index (χ3v) is 2.59. The Balaban J connectivity index is 3.17. The number of halogens is 2. The summed E-state index contributed by atoms with van der Waals surface area (Å²) in [7, 11) is 0. The minimum Gasteiger partial charge on any atom is -0.505 e. The maximum absolute atomic E-state index is 13.2. The number of aromatic hydroxyl groups is 1. The summed E-state index contributed by atoms with van der Waals surface area (Å²) < 4.78 is 13.3. The lowest BCUT2D eigenvalue weighted by Crippen LogP contribution is -2.23. The molecule has 0 aromatic heterocycles. The summed E-state index contributed by atoms with van der Waals surface area (Å²) in [5.41, 5.74) is 5.76. The van der Waals surface area contributed by atoms with Crippen LogP contribution >= 0.6 is 15.9 Å². The largest absolute Gasteiger partial charge is 0.505 e. The van der Waals surface area contributed by atoms with Crippen molar-refractivity contribution in [2.24, 2.45) is 5.73 Å². The van der Waals surface area contributed by atoms with Crippen molar-refractivity contribution in [1.82, 2.24) is 0 Å². The number of rotatable bonds is 2. The van der Waals surface area contributed by atoms with Gasteiger partial charge in [-0.25, -0.2) is 4.39 Å². The van der Waals surface area contributed by atoms with Crippen LogP contribution in [-0.2, 0) is 0 Å². The van der Waals surface area contributed by atoms with E-state index >= 15 is 0 Å². The first-order valence-corrected chi connectivity index (χ1v) is 4.85. The molecule has 5 heteroatoms. The van der Waals surface area contributed by atoms with Gasteiger partial charge < -0.3 is 15.9 Å². The summed E-state index contributed by atoms with van der Waals surface area (Å²) in [6.07, 6.45) is -0.846. The van der Waals surface area contributed by atoms with Gasteiger partial charge in [0.05, 0.1) is 16.6 Å². The Morgan fingerprint density at radius 3 is 2.57 bits per heavy atom. The molecule has 0 bridgehead atoms. The molecule has 1 aromatic carbocycles. The summed E-state index contributed by atoms with van der Waals surface area (Å²) in [6, 6.07) is 2.12. The first-order valence-electron chi connectivity index (χ1n) is 4.05. The second kappa shape index (κ2) is 4.25. The van der Waals surface area contributed by atoms with Gasteiger partial charge >= 0.3 is 0 Å². The predicted octanol–water partition coefficient (Wildman–Crippen LogP) is 1.67. The van der Waals surface area contributed by atoms with Gasteiger partial charge in [-0.15, -0.1) is 0 Å². The van der Waals surface area contributed by atoms with E-state index in [1.54, 1.807) is 0 Å². The van der Waals surface area contributed by atoms with Crippen molar-refractivity contribution in [2.75, 3.05) is 0 Å². The maximum atomic E-state index is 13.2. The van der Waals surface area contributed by atoms with Crippen LogP contribution in [0.5, 0.6) is 5.75 Å². The average Bonchev–Trinajstić information content (AvgIpc) is 2.13. The average molecular weight is 264 g/mol. The van der Waals surface area contributed by atoms with Crippen LogP contribution in [0, 0.1) is 5.82 Å². The van der Waals surface area contributed by atoms with Gasteiger partial charge in [0.2, 0.25) is 0 Å². The molecular formula is C9H11BrFNO2. The van der Waals surface area contributed by atoms with E-state index in [4.69, 9.17) is 5.73 Å². The first kappa shape index (κ1) is 11.4. The van der Waals surface area contributed by atoms with Crippen LogP contribution in [0.1, 0.15) is 18.5 Å². The highest BCUT2D eigenvalue weighted by Crippen LogP contribution is 2.31. The van der Waals surface area contributed by atoms with Crippen LogP contribution in [0.25, 0.3) is 0 Å². The zero-order chi connectivity index (χ0) is 10.9. The Kier molecular flexibility index (Phi) is 3.47. The third-order valence-electron chi connectivity index (χ3n) is 1.98. The number of aliphatic hydroxyl groups is 1. The molecule has 0 spiro atoms. The first-order chi connectivity index (χ1) is 6.45. The molecule has 0 radical (unpaired) electrons. The summed E-state index contributed by atoms with van der Waals surface area (Å²) in [4.78, 5) is 0. The highest BCUT2D eigenvalue weighted by Gasteiger charge is 2.19. The van der Waals surface area contributed by atoms with Gasteiger partial charge in [0.15, 0.2) is 11.6 Å². The number of nitrogens with two attached hydrogens (primary N) is 1. The van der Waals surface area contributed by atoms with Gasteiger partial charge in [-0.2, -0.15) is 0 Å². The molecule has 0 fully saturated rings. The number of benzene rings is 1. The zero-order valence-corrected chi connectivity index (χ0v) is 9.12. The minimum absolute atomic E-state index is 0.163. The molecule has 0 amide bonds. The van der Waals surface area contributed by atoms with E-state index in [2.05, 4.69) is 15.9 Å². The van der Waals surface area contributed by atoms with Crippen molar-refractivity contribution in [3.63, 3.8) is 0 Å². The Bertz CT molecular complexity index is 344. The topological polar surface area (TPSA) is 66.5 Å². The van der Waals surface area contributed by atoms with Crippen molar-refractivity contribution in [2.45, 2.75) is 19.1 Å². The van der Waals surface area contributed by atoms with Crippen LogP contribution in [0.3, 0.4) is 0 Å². The van der Waals surface area contributed by atoms with Crippen molar-refractivity contribution in [3.8, 4) is 5.75 Å². The van der Waals surface area contributed by atoms with E-state index in [-0.39, 0.29) is 10.0 Å². The third kappa shape index (κ3) is 2.05. The Morgan fingerprint density at radius 1 is 1.50 bits per heavy atom. The molecule has 0 aliphatic heterocycles. The molecule has 0 saturated carbocycles. The SMILES string of the molecule is CC(O)[C@H](N)c1ccc(Br)c(F)c1O. The summed E-state index contributed by atoms with van der Waals surface area (Å²) in [5, 5.41) is 18.6. The number of hydrogen-bond donors (Lipinski definition) is 3. The Hall–Kier alpha value is -0.650. The number of phenols is 1. The number of hydrogen-bond acceptors (Lipinski definition) is 3. The Morgan fingerprint density at radius 2 is 2.07 bits per heavy atom. The van der Waals surface area contributed by atoms with Gasteiger partial charge in [-0.3, -0.25) is 0 Å². The maximum Gasteiger partial charge on any atom is 0.179 e. The van der Waals surface area contributed by atoms with Gasteiger partial charge in [0, 0.05) is 5.56 Å². The van der Waals surface area contributed by atoms with E-state index in [0.717, 1.165) is 0 Å². The van der Waals surface area contributed by atoms with Crippen molar-refractivity contribution in [1.29, 1.82) is 0 Å². The van der Waals surface area contributed by atoms with Crippen LogP contribution in [0.4, 0.5) is 4.39 Å². The fourth-order valence-corrected chi connectivity index (χ4v) is 1.40. The van der Waals surface area contributed by atoms with Crippen molar-refractivity contribution in [3.05, 3.63) is 28.0 Å². The van der Waals surface area contributed by atoms with Crippen LogP contribution in [-0.4, -0.2) is 16.3 Å². The monoisotopic (exact) mass is 263 g/mol. The standard InChI is InChI=1S/C9H11BrFNO2/c1-4(13)8(12)5-2-3-6(10)7(11)9(5)14/h2-4,8,13-14H,12H2,1H3/t4?,8-/m0/s1. The molecule has 2 atom stereocenters. The molecule has 14 heavy (non-hydrogen) atoms. The zero-order valence-electron chi connectivity index (χ0n) is 7.54. The quantitative estimate of drug-likeness (QED) is 0.761. The molecule has 0 aliphatic rings. The molecule has 4 N–H and O–H groups in total.